The summed E-state index contributed by atoms with van der Waals surface area (Å²) in [6, 6.07) is 5.07. The molecular formula is C23H25N5O4. The fraction of sp³-hybridized carbons (Fsp3) is 0.348. The minimum absolute atomic E-state index is 0.0404. The summed E-state index contributed by atoms with van der Waals surface area (Å²) in [5.41, 5.74) is 0.569. The van der Waals surface area contributed by atoms with Gasteiger partial charge in [0.05, 0.1) is 17.4 Å². The van der Waals surface area contributed by atoms with Crippen molar-refractivity contribution >= 4 is 23.0 Å². The van der Waals surface area contributed by atoms with Crippen molar-refractivity contribution in [2.75, 3.05) is 24.7 Å². The summed E-state index contributed by atoms with van der Waals surface area (Å²) in [7, 11) is 3.08. The largest absolute Gasteiger partial charge is 0.504 e. The highest BCUT2D eigenvalue weighted by atomic mass is 16.3. The lowest BCUT2D eigenvalue weighted by molar-refractivity contribution is 0.0819. The summed E-state index contributed by atoms with van der Waals surface area (Å²) in [6.45, 7) is 4.18. The molecule has 1 unspecified atom stereocenters. The fourth-order valence-electron chi connectivity index (χ4n) is 4.01. The zero-order chi connectivity index (χ0) is 23.2. The molecule has 0 saturated carbocycles. The molecule has 1 aliphatic carbocycles. The van der Waals surface area contributed by atoms with Crippen LogP contribution in [0.2, 0.25) is 0 Å². The molecule has 32 heavy (non-hydrogen) atoms. The Morgan fingerprint density at radius 3 is 2.56 bits per heavy atom. The lowest BCUT2D eigenvalue weighted by Crippen LogP contribution is -2.41. The number of fused-ring (bicyclic) bond motifs is 1. The lowest BCUT2D eigenvalue weighted by Gasteiger charge is -2.40. The van der Waals surface area contributed by atoms with E-state index in [1.165, 1.54) is 17.2 Å². The Bertz CT molecular complexity index is 1270. The van der Waals surface area contributed by atoms with E-state index in [1.54, 1.807) is 20.3 Å². The maximum atomic E-state index is 12.4. The van der Waals surface area contributed by atoms with Crippen molar-refractivity contribution in [2.24, 2.45) is 5.41 Å². The highest BCUT2D eigenvalue weighted by Gasteiger charge is 2.39. The van der Waals surface area contributed by atoms with Crippen LogP contribution in [0.3, 0.4) is 0 Å². The molecule has 166 valence electrons. The van der Waals surface area contributed by atoms with Crippen molar-refractivity contribution in [1.29, 1.82) is 0 Å². The number of aromatic nitrogens is 2. The number of pyridine rings is 2. The van der Waals surface area contributed by atoms with Gasteiger partial charge in [-0.15, -0.1) is 0 Å². The fourth-order valence-corrected chi connectivity index (χ4v) is 4.01. The van der Waals surface area contributed by atoms with E-state index in [-0.39, 0.29) is 34.2 Å². The molecule has 0 radical (unpaired) electrons. The minimum atomic E-state index is -0.695. The van der Waals surface area contributed by atoms with Crippen LogP contribution in [0.5, 0.6) is 5.75 Å². The molecule has 0 fully saturated rings. The van der Waals surface area contributed by atoms with Crippen molar-refractivity contribution < 1.29 is 9.90 Å². The average molecular weight is 435 g/mol. The standard InChI is InChI=1S/C23H25N5O4/c1-23(2)9-7-12-6-5-10-24-14(12)21(23)27-16-15(19(30)20(16)31)26-13-8-11-25-17(18(13)29)22(32)28(3)4/h5-6,8,10-11,21,27,29H,7,9H2,1-4H3,(H,25,26). The van der Waals surface area contributed by atoms with Crippen LogP contribution in [0.25, 0.3) is 0 Å². The van der Waals surface area contributed by atoms with Crippen molar-refractivity contribution in [3.63, 3.8) is 0 Å². The maximum absolute atomic E-state index is 12.4. The smallest absolute Gasteiger partial charge is 0.275 e. The lowest BCUT2D eigenvalue weighted by atomic mass is 9.72. The molecule has 0 spiro atoms. The number of amides is 1. The van der Waals surface area contributed by atoms with Gasteiger partial charge >= 0.3 is 0 Å². The van der Waals surface area contributed by atoms with Crippen LogP contribution in [-0.2, 0) is 6.42 Å². The van der Waals surface area contributed by atoms with Gasteiger partial charge in [0, 0.05) is 26.5 Å². The molecule has 0 saturated heterocycles. The molecule has 1 amide bonds. The van der Waals surface area contributed by atoms with E-state index in [4.69, 9.17) is 0 Å². The minimum Gasteiger partial charge on any atom is -0.504 e. The van der Waals surface area contributed by atoms with Crippen molar-refractivity contribution in [3.05, 3.63) is 68.0 Å². The van der Waals surface area contributed by atoms with Gasteiger partial charge in [-0.1, -0.05) is 19.9 Å². The third-order valence-corrected chi connectivity index (χ3v) is 6.01. The molecule has 2 aromatic heterocycles. The van der Waals surface area contributed by atoms with E-state index < -0.39 is 22.5 Å². The van der Waals surface area contributed by atoms with Crippen LogP contribution in [0.1, 0.15) is 48.1 Å². The first-order valence-electron chi connectivity index (χ1n) is 10.3. The van der Waals surface area contributed by atoms with Crippen LogP contribution in [0.15, 0.2) is 40.2 Å². The van der Waals surface area contributed by atoms with Gasteiger partial charge in [-0.3, -0.25) is 19.4 Å². The molecular weight excluding hydrogens is 410 g/mol. The third-order valence-electron chi connectivity index (χ3n) is 6.01. The maximum Gasteiger partial charge on any atom is 0.275 e. The Morgan fingerprint density at radius 1 is 1.12 bits per heavy atom. The highest BCUT2D eigenvalue weighted by molar-refractivity contribution is 5.97. The number of anilines is 3. The van der Waals surface area contributed by atoms with Crippen LogP contribution in [0.4, 0.5) is 17.1 Å². The number of rotatable bonds is 5. The zero-order valence-electron chi connectivity index (χ0n) is 18.4. The number of hydrogen-bond donors (Lipinski definition) is 3. The molecule has 1 aliphatic rings. The number of carbonyl (C=O) groups excluding carboxylic acids is 1. The summed E-state index contributed by atoms with van der Waals surface area (Å²) in [4.78, 5) is 46.8. The Labute approximate surface area is 184 Å². The Balaban J connectivity index is 1.68. The average Bonchev–Trinajstić information content (AvgIpc) is 2.77. The first-order chi connectivity index (χ1) is 15.1. The van der Waals surface area contributed by atoms with Gasteiger partial charge in [0.25, 0.3) is 16.8 Å². The van der Waals surface area contributed by atoms with Crippen molar-refractivity contribution in [2.45, 2.75) is 32.7 Å². The summed E-state index contributed by atoms with van der Waals surface area (Å²) in [5, 5.41) is 16.6. The number of aromatic hydroxyl groups is 1. The van der Waals surface area contributed by atoms with Gasteiger partial charge in [-0.2, -0.15) is 0 Å². The van der Waals surface area contributed by atoms with Crippen LogP contribution < -0.4 is 21.5 Å². The second-order valence-corrected chi connectivity index (χ2v) is 8.90. The number of aryl methyl sites for hydroxylation is 1. The van der Waals surface area contributed by atoms with E-state index in [1.807, 2.05) is 12.1 Å². The van der Waals surface area contributed by atoms with Gasteiger partial charge in [0.15, 0.2) is 11.4 Å². The van der Waals surface area contributed by atoms with E-state index in [0.717, 1.165) is 24.1 Å². The van der Waals surface area contributed by atoms with Gasteiger partial charge in [-0.25, -0.2) is 4.98 Å². The van der Waals surface area contributed by atoms with Crippen molar-refractivity contribution in [1.82, 2.24) is 14.9 Å². The normalized spacial score (nSPS) is 16.9. The summed E-state index contributed by atoms with van der Waals surface area (Å²) < 4.78 is 0. The molecule has 2 heterocycles. The summed E-state index contributed by atoms with van der Waals surface area (Å²) >= 11 is 0. The quantitative estimate of drug-likeness (QED) is 0.522. The molecule has 3 aromatic rings. The van der Waals surface area contributed by atoms with Crippen LogP contribution in [0, 0.1) is 5.41 Å². The predicted molar refractivity (Wildman–Crippen MR) is 121 cm³/mol. The Morgan fingerprint density at radius 2 is 1.84 bits per heavy atom. The molecule has 9 heteroatoms. The molecule has 0 aliphatic heterocycles. The molecule has 1 aromatic carbocycles. The van der Waals surface area contributed by atoms with E-state index in [2.05, 4.69) is 34.4 Å². The van der Waals surface area contributed by atoms with Gasteiger partial charge in [-0.05, 0) is 36.0 Å². The Kier molecular flexibility index (Phi) is 5.20. The summed E-state index contributed by atoms with van der Waals surface area (Å²) in [6.07, 6.45) is 4.85. The van der Waals surface area contributed by atoms with Crippen LogP contribution >= 0.6 is 0 Å². The summed E-state index contributed by atoms with van der Waals surface area (Å²) in [5.74, 6) is -0.878. The first-order valence-corrected chi connectivity index (χ1v) is 10.3. The van der Waals surface area contributed by atoms with E-state index >= 15 is 0 Å². The van der Waals surface area contributed by atoms with Crippen LogP contribution in [-0.4, -0.2) is 40.0 Å². The first kappa shape index (κ1) is 21.5. The monoisotopic (exact) mass is 435 g/mol. The molecule has 1 atom stereocenters. The van der Waals surface area contributed by atoms with Gasteiger partial charge < -0.3 is 20.6 Å². The van der Waals surface area contributed by atoms with Crippen molar-refractivity contribution in [3.8, 4) is 5.75 Å². The SMILES string of the molecule is CN(C)C(=O)c1nccc(Nc2c(NC3c4ncccc4CCC3(C)C)c(=O)c2=O)c1O. The highest BCUT2D eigenvalue weighted by Crippen LogP contribution is 2.45. The number of nitrogens with zero attached hydrogens (tertiary/aromatic N) is 3. The molecule has 4 rings (SSSR count). The Hall–Kier alpha value is -3.75. The van der Waals surface area contributed by atoms with Gasteiger partial charge in [0.2, 0.25) is 0 Å². The number of carbonyl (C=O) groups is 1. The third kappa shape index (κ3) is 3.49. The molecule has 3 N–H and O–H groups in total. The second kappa shape index (κ2) is 7.74. The topological polar surface area (TPSA) is 125 Å². The second-order valence-electron chi connectivity index (χ2n) is 8.90. The van der Waals surface area contributed by atoms with Gasteiger partial charge in [0.1, 0.15) is 11.4 Å². The predicted octanol–water partition coefficient (Wildman–Crippen LogP) is 2.35. The van der Waals surface area contributed by atoms with E-state index in [0.29, 0.717) is 0 Å². The number of hydrogen-bond acceptors (Lipinski definition) is 8. The number of nitrogens with one attached hydrogen (secondary N) is 2. The molecule has 9 nitrogen and oxygen atoms in total. The van der Waals surface area contributed by atoms with E-state index in [9.17, 15) is 19.5 Å². The zero-order valence-corrected chi connectivity index (χ0v) is 18.4. The molecule has 0 bridgehead atoms.